The van der Waals surface area contributed by atoms with Crippen LogP contribution in [0.3, 0.4) is 0 Å². The van der Waals surface area contributed by atoms with Crippen LogP contribution in [0.15, 0.2) is 36.1 Å². The summed E-state index contributed by atoms with van der Waals surface area (Å²) in [5, 5.41) is 10.6. The molecule has 1 rings (SSSR count). The maximum Gasteiger partial charge on any atom is -0.0266 e. The number of hydrogen-bond donors (Lipinski definition) is 0. The first-order valence-electron chi connectivity index (χ1n) is 3.19. The van der Waals surface area contributed by atoms with Crippen LogP contribution in [0, 0.1) is 0 Å². The number of rotatable bonds is 1. The molecule has 0 aromatic heterocycles. The fourth-order valence-corrected chi connectivity index (χ4v) is 0.784. The molecule has 0 aliphatic heterocycles. The molecule has 1 nitrogen and oxygen atoms in total. The van der Waals surface area contributed by atoms with E-state index in [1.165, 1.54) is 0 Å². The van der Waals surface area contributed by atoms with E-state index in [9.17, 15) is 5.11 Å². The largest absolute Gasteiger partial charge is 0.876 e. The van der Waals surface area contributed by atoms with E-state index in [1.54, 1.807) is 13.0 Å². The molecule has 0 fully saturated rings. The van der Waals surface area contributed by atoms with Crippen LogP contribution in [0.1, 0.15) is 12.5 Å². The lowest BCUT2D eigenvalue weighted by molar-refractivity contribution is -0.299. The third-order valence-corrected chi connectivity index (χ3v) is 1.17. The van der Waals surface area contributed by atoms with Crippen LogP contribution in [-0.4, -0.2) is 0 Å². The minimum atomic E-state index is 0.0891. The van der Waals surface area contributed by atoms with E-state index in [0.717, 1.165) is 5.56 Å². The van der Waals surface area contributed by atoms with Crippen LogP contribution in [0.2, 0.25) is 0 Å². The highest BCUT2D eigenvalue weighted by Crippen LogP contribution is 2.01. The van der Waals surface area contributed by atoms with Crippen molar-refractivity contribution in [1.82, 2.24) is 0 Å². The second-order valence-corrected chi connectivity index (χ2v) is 2.17. The summed E-state index contributed by atoms with van der Waals surface area (Å²) in [7, 11) is 0. The molecule has 52 valence electrons. The van der Waals surface area contributed by atoms with Crippen molar-refractivity contribution in [3.8, 4) is 0 Å². The molecule has 1 heteroatoms. The molecule has 0 amide bonds. The molecule has 0 atom stereocenters. The molecule has 0 heterocycles. The van der Waals surface area contributed by atoms with Gasteiger partial charge in [0.15, 0.2) is 0 Å². The summed E-state index contributed by atoms with van der Waals surface area (Å²) in [5.74, 6) is 0.0891. The van der Waals surface area contributed by atoms with Crippen molar-refractivity contribution < 1.29 is 5.11 Å². The minimum Gasteiger partial charge on any atom is -0.876 e. The van der Waals surface area contributed by atoms with Gasteiger partial charge in [0.2, 0.25) is 0 Å². The van der Waals surface area contributed by atoms with Crippen molar-refractivity contribution in [2.75, 3.05) is 0 Å². The maximum atomic E-state index is 10.6. The van der Waals surface area contributed by atoms with Crippen LogP contribution in [0.5, 0.6) is 0 Å². The quantitative estimate of drug-likeness (QED) is 0.531. The summed E-state index contributed by atoms with van der Waals surface area (Å²) in [5.41, 5.74) is 0.968. The fourth-order valence-electron chi connectivity index (χ4n) is 0.784. The Morgan fingerprint density at radius 2 is 1.90 bits per heavy atom. The first kappa shape index (κ1) is 6.87. The molecule has 0 aliphatic carbocycles. The highest BCUT2D eigenvalue weighted by Gasteiger charge is 1.79. The van der Waals surface area contributed by atoms with E-state index in [1.807, 2.05) is 30.3 Å². The third kappa shape index (κ3) is 1.94. The molecule has 10 heavy (non-hydrogen) atoms. The van der Waals surface area contributed by atoms with Gasteiger partial charge in [0.1, 0.15) is 0 Å². The van der Waals surface area contributed by atoms with Crippen molar-refractivity contribution in [2.24, 2.45) is 0 Å². The highest BCUT2D eigenvalue weighted by molar-refractivity contribution is 5.49. The Bertz CT molecular complexity index is 220. The maximum absolute atomic E-state index is 10.6. The Morgan fingerprint density at radius 1 is 1.30 bits per heavy atom. The minimum absolute atomic E-state index is 0.0891. The first-order valence-corrected chi connectivity index (χ1v) is 3.19. The van der Waals surface area contributed by atoms with E-state index in [-0.39, 0.29) is 5.76 Å². The topological polar surface area (TPSA) is 23.1 Å². The number of benzene rings is 1. The molecular formula is C9H9O-. The van der Waals surface area contributed by atoms with Crippen molar-refractivity contribution in [3.05, 3.63) is 41.7 Å². The lowest BCUT2D eigenvalue weighted by atomic mass is 10.2. The molecule has 1 aromatic rings. The van der Waals surface area contributed by atoms with Crippen LogP contribution in [-0.2, 0) is 0 Å². The summed E-state index contributed by atoms with van der Waals surface area (Å²) in [6.07, 6.45) is 1.61. The van der Waals surface area contributed by atoms with Gasteiger partial charge in [-0.05, 0) is 5.56 Å². The van der Waals surface area contributed by atoms with Crippen LogP contribution >= 0.6 is 0 Å². The Hall–Kier alpha value is -1.24. The summed E-state index contributed by atoms with van der Waals surface area (Å²) >= 11 is 0. The second kappa shape index (κ2) is 3.06. The van der Waals surface area contributed by atoms with Gasteiger partial charge in [-0.3, -0.25) is 0 Å². The predicted octanol–water partition coefficient (Wildman–Crippen LogP) is 1.41. The molecule has 0 unspecified atom stereocenters. The number of hydrogen-bond acceptors (Lipinski definition) is 1. The van der Waals surface area contributed by atoms with Gasteiger partial charge in [0.05, 0.1) is 0 Å². The molecule has 0 spiro atoms. The van der Waals surface area contributed by atoms with E-state index in [4.69, 9.17) is 0 Å². The van der Waals surface area contributed by atoms with Gasteiger partial charge in [-0.15, -0.1) is 5.76 Å². The zero-order valence-corrected chi connectivity index (χ0v) is 5.87. The fraction of sp³-hybridized carbons (Fsp3) is 0.111. The summed E-state index contributed by atoms with van der Waals surface area (Å²) in [6, 6.07) is 9.56. The van der Waals surface area contributed by atoms with Gasteiger partial charge in [0.25, 0.3) is 0 Å². The molecule has 0 aliphatic rings. The third-order valence-electron chi connectivity index (χ3n) is 1.17. The molecular weight excluding hydrogens is 124 g/mol. The highest BCUT2D eigenvalue weighted by atomic mass is 16.3. The van der Waals surface area contributed by atoms with E-state index < -0.39 is 0 Å². The molecule has 0 radical (unpaired) electrons. The van der Waals surface area contributed by atoms with Crippen LogP contribution in [0.4, 0.5) is 0 Å². The molecule has 0 saturated heterocycles. The average molecular weight is 133 g/mol. The normalized spacial score (nSPS) is 11.5. The lowest BCUT2D eigenvalue weighted by Gasteiger charge is -2.02. The Balaban J connectivity index is 2.87. The van der Waals surface area contributed by atoms with Crippen LogP contribution in [0.25, 0.3) is 6.08 Å². The number of allylic oxidation sites excluding steroid dienone is 1. The standard InChI is InChI=1S/C9H10O/c1-8(10)7-9-5-3-2-4-6-9/h2-7,10H,1H3/p-1/b8-7-. The Labute approximate surface area is 60.6 Å². The Kier molecular flexibility index (Phi) is 2.11. The van der Waals surface area contributed by atoms with Crippen molar-refractivity contribution in [3.63, 3.8) is 0 Å². The molecule has 0 N–H and O–H groups in total. The summed E-state index contributed by atoms with van der Waals surface area (Å²) in [6.45, 7) is 1.55. The van der Waals surface area contributed by atoms with E-state index in [2.05, 4.69) is 0 Å². The second-order valence-electron chi connectivity index (χ2n) is 2.17. The molecule has 0 saturated carbocycles. The summed E-state index contributed by atoms with van der Waals surface area (Å²) in [4.78, 5) is 0. The van der Waals surface area contributed by atoms with Crippen LogP contribution < -0.4 is 5.11 Å². The zero-order chi connectivity index (χ0) is 7.40. The summed E-state index contributed by atoms with van der Waals surface area (Å²) < 4.78 is 0. The van der Waals surface area contributed by atoms with Gasteiger partial charge < -0.3 is 5.11 Å². The van der Waals surface area contributed by atoms with E-state index >= 15 is 0 Å². The molecule has 0 bridgehead atoms. The van der Waals surface area contributed by atoms with Gasteiger partial charge >= 0.3 is 0 Å². The Morgan fingerprint density at radius 3 is 2.40 bits per heavy atom. The zero-order valence-electron chi connectivity index (χ0n) is 5.87. The van der Waals surface area contributed by atoms with Gasteiger partial charge in [-0.2, -0.15) is 0 Å². The predicted molar refractivity (Wildman–Crippen MR) is 40.1 cm³/mol. The van der Waals surface area contributed by atoms with E-state index in [0.29, 0.717) is 0 Å². The first-order chi connectivity index (χ1) is 4.79. The smallest absolute Gasteiger partial charge is 0.0266 e. The monoisotopic (exact) mass is 133 g/mol. The average Bonchev–Trinajstić information content (AvgIpc) is 1.88. The SMILES string of the molecule is C/C([O-])=C/c1ccccc1. The molecule has 1 aromatic carbocycles. The van der Waals surface area contributed by atoms with Crippen molar-refractivity contribution >= 4 is 6.08 Å². The van der Waals surface area contributed by atoms with Crippen molar-refractivity contribution in [1.29, 1.82) is 0 Å². The van der Waals surface area contributed by atoms with Gasteiger partial charge in [0, 0.05) is 0 Å². The van der Waals surface area contributed by atoms with Gasteiger partial charge in [-0.25, -0.2) is 0 Å². The van der Waals surface area contributed by atoms with Crippen molar-refractivity contribution in [2.45, 2.75) is 6.92 Å². The lowest BCUT2D eigenvalue weighted by Crippen LogP contribution is -1.96. The van der Waals surface area contributed by atoms with Gasteiger partial charge in [-0.1, -0.05) is 43.3 Å².